The number of hydrogen-bond acceptors (Lipinski definition) is 7. The number of phosphoric acid groups is 1. The number of rotatable bonds is 35. The highest BCUT2D eigenvalue weighted by Gasteiger charge is 2.23. The van der Waals surface area contributed by atoms with Gasteiger partial charge in [-0.25, -0.2) is 4.57 Å². The average molecular weight is 688 g/mol. The van der Waals surface area contributed by atoms with Gasteiger partial charge in [0.15, 0.2) is 0 Å². The SMILES string of the molecule is CCCCC/C=C\C/C=C\CCCCCCCC(=O)NCCOP(=O)(O)OCC(O)COC(=O)CCCCCCCCCCCCC. The molecule has 0 spiro atoms. The fourth-order valence-electron chi connectivity index (χ4n) is 5.00. The summed E-state index contributed by atoms with van der Waals surface area (Å²) in [6.07, 6.45) is 33.9. The summed E-state index contributed by atoms with van der Waals surface area (Å²) in [6, 6.07) is 0. The predicted molar refractivity (Wildman–Crippen MR) is 192 cm³/mol. The van der Waals surface area contributed by atoms with E-state index < -0.39 is 26.5 Å². The molecule has 47 heavy (non-hydrogen) atoms. The molecule has 2 unspecified atom stereocenters. The van der Waals surface area contributed by atoms with E-state index in [-0.39, 0.29) is 32.1 Å². The zero-order chi connectivity index (χ0) is 34.7. The van der Waals surface area contributed by atoms with E-state index in [4.69, 9.17) is 13.8 Å². The number of carbonyl (C=O) groups excluding carboxylic acids is 2. The minimum absolute atomic E-state index is 0.0756. The first-order valence-electron chi connectivity index (χ1n) is 18.8. The molecule has 276 valence electrons. The second-order valence-corrected chi connectivity index (χ2v) is 14.0. The fourth-order valence-corrected chi connectivity index (χ4v) is 5.75. The van der Waals surface area contributed by atoms with Crippen LogP contribution in [-0.2, 0) is 27.9 Å². The van der Waals surface area contributed by atoms with Crippen molar-refractivity contribution in [2.24, 2.45) is 0 Å². The number of esters is 1. The standard InChI is InChI=1S/C37H70NO8P/c1-3-5-7-9-11-13-15-16-17-18-20-21-23-25-27-29-36(40)38-31-32-45-47(42,43)46-34-35(39)33-44-37(41)30-28-26-24-22-19-14-12-10-8-6-4-2/h11,13,16-17,35,39H,3-10,12,14-15,18-34H2,1-2H3,(H,38,40)(H,42,43)/b13-11-,17-16-. The lowest BCUT2D eigenvalue weighted by Crippen LogP contribution is -2.27. The van der Waals surface area contributed by atoms with Crippen LogP contribution >= 0.6 is 7.82 Å². The van der Waals surface area contributed by atoms with Crippen molar-refractivity contribution in [2.75, 3.05) is 26.4 Å². The molecule has 0 aromatic carbocycles. The van der Waals surface area contributed by atoms with Gasteiger partial charge in [0, 0.05) is 19.4 Å². The zero-order valence-electron chi connectivity index (χ0n) is 30.0. The molecule has 0 fully saturated rings. The quantitative estimate of drug-likeness (QED) is 0.0260. The van der Waals surface area contributed by atoms with Crippen molar-refractivity contribution in [1.29, 1.82) is 0 Å². The van der Waals surface area contributed by atoms with Crippen molar-refractivity contribution in [1.82, 2.24) is 5.32 Å². The van der Waals surface area contributed by atoms with Gasteiger partial charge in [0.2, 0.25) is 5.91 Å². The number of phosphoric ester groups is 1. The van der Waals surface area contributed by atoms with Crippen molar-refractivity contribution < 1.29 is 37.9 Å². The van der Waals surface area contributed by atoms with E-state index in [1.165, 1.54) is 77.0 Å². The molecular weight excluding hydrogens is 617 g/mol. The topological polar surface area (TPSA) is 131 Å². The first kappa shape index (κ1) is 45.5. The second-order valence-electron chi connectivity index (χ2n) is 12.6. The van der Waals surface area contributed by atoms with Gasteiger partial charge in [-0.2, -0.15) is 0 Å². The molecular formula is C37H70NO8P. The van der Waals surface area contributed by atoms with Crippen molar-refractivity contribution in [3.63, 3.8) is 0 Å². The van der Waals surface area contributed by atoms with Gasteiger partial charge in [-0.15, -0.1) is 0 Å². The smallest absolute Gasteiger partial charge is 0.463 e. The maximum Gasteiger partial charge on any atom is 0.472 e. The van der Waals surface area contributed by atoms with Crippen LogP contribution in [0, 0.1) is 0 Å². The summed E-state index contributed by atoms with van der Waals surface area (Å²) in [5, 5.41) is 12.6. The molecule has 10 heteroatoms. The van der Waals surface area contributed by atoms with E-state index in [0.29, 0.717) is 6.42 Å². The molecule has 0 aliphatic rings. The average Bonchev–Trinajstić information content (AvgIpc) is 3.05. The van der Waals surface area contributed by atoms with Gasteiger partial charge in [0.05, 0.1) is 13.2 Å². The molecule has 0 aliphatic heterocycles. The molecule has 0 bridgehead atoms. The number of carbonyl (C=O) groups is 2. The Morgan fingerprint density at radius 2 is 1.15 bits per heavy atom. The Bertz CT molecular complexity index is 835. The summed E-state index contributed by atoms with van der Waals surface area (Å²) >= 11 is 0. The largest absolute Gasteiger partial charge is 0.472 e. The third kappa shape index (κ3) is 35.6. The molecule has 3 N–H and O–H groups in total. The van der Waals surface area contributed by atoms with E-state index in [1.54, 1.807) is 0 Å². The van der Waals surface area contributed by atoms with Gasteiger partial charge in [-0.1, -0.05) is 134 Å². The molecule has 0 rings (SSSR count). The number of unbranched alkanes of at least 4 members (excludes halogenated alkanes) is 18. The minimum Gasteiger partial charge on any atom is -0.463 e. The Labute approximate surface area is 287 Å². The van der Waals surface area contributed by atoms with Crippen LogP contribution < -0.4 is 5.32 Å². The van der Waals surface area contributed by atoms with E-state index in [1.807, 2.05) is 0 Å². The van der Waals surface area contributed by atoms with Crippen molar-refractivity contribution in [3.05, 3.63) is 24.3 Å². The van der Waals surface area contributed by atoms with Crippen LogP contribution in [0.5, 0.6) is 0 Å². The van der Waals surface area contributed by atoms with Crippen LogP contribution in [-0.4, -0.2) is 54.3 Å². The third-order valence-corrected chi connectivity index (χ3v) is 8.87. The molecule has 2 atom stereocenters. The molecule has 0 saturated heterocycles. The van der Waals surface area contributed by atoms with Crippen LogP contribution in [0.15, 0.2) is 24.3 Å². The van der Waals surface area contributed by atoms with Crippen LogP contribution in [0.1, 0.15) is 168 Å². The Morgan fingerprint density at radius 1 is 0.660 bits per heavy atom. The Balaban J connectivity index is 3.64. The lowest BCUT2D eigenvalue weighted by molar-refractivity contribution is -0.147. The summed E-state index contributed by atoms with van der Waals surface area (Å²) in [5.74, 6) is -0.530. The molecule has 9 nitrogen and oxygen atoms in total. The van der Waals surface area contributed by atoms with Crippen molar-refractivity contribution >= 4 is 19.7 Å². The molecule has 1 amide bonds. The highest BCUT2D eigenvalue weighted by molar-refractivity contribution is 7.47. The zero-order valence-corrected chi connectivity index (χ0v) is 30.9. The lowest BCUT2D eigenvalue weighted by Gasteiger charge is -2.15. The summed E-state index contributed by atoms with van der Waals surface area (Å²) < 4.78 is 26.7. The summed E-state index contributed by atoms with van der Waals surface area (Å²) in [7, 11) is -4.41. The van der Waals surface area contributed by atoms with E-state index in [2.05, 4.69) is 43.5 Å². The number of aliphatic hydroxyl groups excluding tert-OH is 1. The highest BCUT2D eigenvalue weighted by atomic mass is 31.2. The lowest BCUT2D eigenvalue weighted by atomic mass is 10.1. The number of allylic oxidation sites excluding steroid dienone is 4. The normalized spacial score (nSPS) is 13.7. The van der Waals surface area contributed by atoms with Crippen molar-refractivity contribution in [3.8, 4) is 0 Å². The highest BCUT2D eigenvalue weighted by Crippen LogP contribution is 2.42. The van der Waals surface area contributed by atoms with E-state index in [9.17, 15) is 24.2 Å². The van der Waals surface area contributed by atoms with Gasteiger partial charge in [0.1, 0.15) is 12.7 Å². The maximum atomic E-state index is 12.0. The predicted octanol–water partition coefficient (Wildman–Crippen LogP) is 9.65. The van der Waals surface area contributed by atoms with E-state index in [0.717, 1.165) is 64.2 Å². The van der Waals surface area contributed by atoms with Crippen molar-refractivity contribution in [2.45, 2.75) is 174 Å². The summed E-state index contributed by atoms with van der Waals surface area (Å²) in [5.41, 5.74) is 0. The minimum atomic E-state index is -4.41. The summed E-state index contributed by atoms with van der Waals surface area (Å²) in [6.45, 7) is 3.49. The van der Waals surface area contributed by atoms with Gasteiger partial charge in [0.25, 0.3) is 0 Å². The van der Waals surface area contributed by atoms with Gasteiger partial charge < -0.3 is 20.1 Å². The Morgan fingerprint density at radius 3 is 1.74 bits per heavy atom. The molecule has 0 aliphatic carbocycles. The second kappa shape index (κ2) is 34.4. The number of hydrogen-bond donors (Lipinski definition) is 3. The Kier molecular flexibility index (Phi) is 33.3. The first-order chi connectivity index (χ1) is 22.8. The maximum absolute atomic E-state index is 12.0. The molecule has 0 aromatic rings. The van der Waals surface area contributed by atoms with Gasteiger partial charge in [-0.05, 0) is 44.9 Å². The van der Waals surface area contributed by atoms with Crippen LogP contribution in [0.25, 0.3) is 0 Å². The van der Waals surface area contributed by atoms with E-state index >= 15 is 0 Å². The van der Waals surface area contributed by atoms with Gasteiger partial charge >= 0.3 is 13.8 Å². The molecule has 0 saturated carbocycles. The Hall–Kier alpha value is -1.51. The fraction of sp³-hybridized carbons (Fsp3) is 0.838. The molecule has 0 heterocycles. The molecule has 0 radical (unpaired) electrons. The van der Waals surface area contributed by atoms with Gasteiger partial charge in [-0.3, -0.25) is 18.6 Å². The summed E-state index contributed by atoms with van der Waals surface area (Å²) in [4.78, 5) is 33.7. The number of aliphatic hydroxyl groups is 1. The van der Waals surface area contributed by atoms with Crippen LogP contribution in [0.3, 0.4) is 0 Å². The first-order valence-corrected chi connectivity index (χ1v) is 20.3. The monoisotopic (exact) mass is 687 g/mol. The van der Waals surface area contributed by atoms with Crippen LogP contribution in [0.2, 0.25) is 0 Å². The molecule has 0 aromatic heterocycles. The number of amides is 1. The van der Waals surface area contributed by atoms with Crippen LogP contribution in [0.4, 0.5) is 0 Å². The number of nitrogens with one attached hydrogen (secondary N) is 1. The number of ether oxygens (including phenoxy) is 1. The third-order valence-electron chi connectivity index (χ3n) is 7.88.